The van der Waals surface area contributed by atoms with Crippen molar-refractivity contribution in [1.82, 2.24) is 0 Å². The fourth-order valence-electron chi connectivity index (χ4n) is 2.62. The Balaban J connectivity index is 1.86. The van der Waals surface area contributed by atoms with Gasteiger partial charge in [-0.2, -0.15) is 0 Å². The molecule has 138 valence electrons. The van der Waals surface area contributed by atoms with Gasteiger partial charge in [0.2, 0.25) is 0 Å². The number of thiophene rings is 1. The van der Waals surface area contributed by atoms with Crippen molar-refractivity contribution in [2.24, 2.45) is 0 Å². The van der Waals surface area contributed by atoms with Crippen molar-refractivity contribution < 1.29 is 9.53 Å². The van der Waals surface area contributed by atoms with E-state index in [-0.39, 0.29) is 0 Å². The molecule has 0 radical (unpaired) electrons. The van der Waals surface area contributed by atoms with Crippen LogP contribution in [0.2, 0.25) is 0 Å². The van der Waals surface area contributed by atoms with Crippen LogP contribution in [0, 0.1) is 13.8 Å². The van der Waals surface area contributed by atoms with Crippen molar-refractivity contribution in [2.45, 2.75) is 13.8 Å². The van der Waals surface area contributed by atoms with Crippen molar-refractivity contribution in [2.75, 3.05) is 17.7 Å². The van der Waals surface area contributed by atoms with Crippen LogP contribution in [-0.2, 0) is 4.74 Å². The number of hydrogen-bond acceptors (Lipinski definition) is 4. The first-order chi connectivity index (χ1) is 13.0. The van der Waals surface area contributed by atoms with Gasteiger partial charge in [0.05, 0.1) is 12.7 Å². The molecule has 0 saturated heterocycles. The summed E-state index contributed by atoms with van der Waals surface area (Å²) >= 11 is 6.92. The highest BCUT2D eigenvalue weighted by atomic mass is 32.1. The molecule has 0 aliphatic rings. The van der Waals surface area contributed by atoms with E-state index < -0.39 is 5.97 Å². The molecule has 0 spiro atoms. The quantitative estimate of drug-likeness (QED) is 0.442. The highest BCUT2D eigenvalue weighted by molar-refractivity contribution is 7.80. The van der Waals surface area contributed by atoms with E-state index in [9.17, 15) is 4.79 Å². The van der Waals surface area contributed by atoms with Crippen LogP contribution in [-0.4, -0.2) is 18.2 Å². The third-order valence-electron chi connectivity index (χ3n) is 4.06. The maximum Gasteiger partial charge on any atom is 0.340 e. The molecule has 0 fully saturated rings. The largest absolute Gasteiger partial charge is 0.465 e. The Morgan fingerprint density at radius 3 is 2.48 bits per heavy atom. The van der Waals surface area contributed by atoms with Crippen molar-refractivity contribution in [1.29, 1.82) is 0 Å². The number of methoxy groups -OCH3 is 1. The van der Waals surface area contributed by atoms with Crippen molar-refractivity contribution >= 4 is 45.3 Å². The van der Waals surface area contributed by atoms with Gasteiger partial charge in [-0.15, -0.1) is 11.3 Å². The van der Waals surface area contributed by atoms with Crippen LogP contribution in [0.3, 0.4) is 0 Å². The number of carbonyl (C=O) groups excluding carboxylic acids is 1. The molecule has 2 aromatic carbocycles. The summed E-state index contributed by atoms with van der Waals surface area (Å²) in [4.78, 5) is 13.2. The molecule has 0 bridgehead atoms. The third kappa shape index (κ3) is 4.53. The highest BCUT2D eigenvalue weighted by Gasteiger charge is 2.18. The lowest BCUT2D eigenvalue weighted by molar-refractivity contribution is 0.0602. The summed E-state index contributed by atoms with van der Waals surface area (Å²) in [5, 5.41) is 7.44. The van der Waals surface area contributed by atoms with Crippen LogP contribution in [0.5, 0.6) is 0 Å². The summed E-state index contributed by atoms with van der Waals surface area (Å²) in [6.07, 6.45) is 0. The van der Waals surface area contributed by atoms with E-state index in [1.807, 2.05) is 62.4 Å². The Kier molecular flexibility index (Phi) is 5.88. The van der Waals surface area contributed by atoms with Crippen LogP contribution in [0.15, 0.2) is 54.6 Å². The molecule has 27 heavy (non-hydrogen) atoms. The molecule has 3 rings (SSSR count). The van der Waals surface area contributed by atoms with Crippen LogP contribution < -0.4 is 10.6 Å². The molecule has 6 heteroatoms. The summed E-state index contributed by atoms with van der Waals surface area (Å²) in [5.74, 6) is -0.398. The summed E-state index contributed by atoms with van der Waals surface area (Å²) in [6, 6.07) is 17.9. The first kappa shape index (κ1) is 19.1. The van der Waals surface area contributed by atoms with E-state index in [0.717, 1.165) is 27.3 Å². The third-order valence-corrected chi connectivity index (χ3v) is 5.37. The first-order valence-corrected chi connectivity index (χ1v) is 9.63. The molecule has 0 saturated carbocycles. The second-order valence-corrected chi connectivity index (χ2v) is 7.57. The van der Waals surface area contributed by atoms with Gasteiger partial charge in [-0.05, 0) is 54.9 Å². The second kappa shape index (κ2) is 8.33. The molecule has 3 aromatic rings. The minimum absolute atomic E-state index is 0.398. The zero-order chi connectivity index (χ0) is 19.4. The number of carbonyl (C=O) groups is 1. The average Bonchev–Trinajstić information content (AvgIpc) is 3.08. The number of ether oxygens (including phenoxy) is 1. The molecular weight excluding hydrogens is 376 g/mol. The Morgan fingerprint density at radius 1 is 1.04 bits per heavy atom. The first-order valence-electron chi connectivity index (χ1n) is 8.40. The molecule has 2 N–H and O–H groups in total. The maximum atomic E-state index is 12.2. The smallest absolute Gasteiger partial charge is 0.340 e. The Labute approximate surface area is 168 Å². The molecule has 1 heterocycles. The van der Waals surface area contributed by atoms with Crippen LogP contribution in [0.25, 0.3) is 10.4 Å². The molecule has 0 unspecified atom stereocenters. The molecule has 4 nitrogen and oxygen atoms in total. The minimum Gasteiger partial charge on any atom is -0.465 e. The second-order valence-electron chi connectivity index (χ2n) is 6.11. The van der Waals surface area contributed by atoms with Gasteiger partial charge < -0.3 is 15.4 Å². The van der Waals surface area contributed by atoms with Gasteiger partial charge in [0, 0.05) is 10.6 Å². The molecular formula is C21H20N2O2S2. The Hall–Kier alpha value is -2.70. The Bertz CT molecular complexity index is 981. The lowest BCUT2D eigenvalue weighted by Crippen LogP contribution is -2.20. The summed E-state index contributed by atoms with van der Waals surface area (Å²) in [7, 11) is 1.37. The maximum absolute atomic E-state index is 12.2. The number of benzene rings is 2. The monoisotopic (exact) mass is 396 g/mol. The summed E-state index contributed by atoms with van der Waals surface area (Å²) in [6.45, 7) is 4.05. The minimum atomic E-state index is -0.398. The average molecular weight is 397 g/mol. The fourth-order valence-corrected chi connectivity index (χ4v) is 3.95. The van der Waals surface area contributed by atoms with Crippen molar-refractivity contribution in [3.05, 3.63) is 71.3 Å². The Morgan fingerprint density at radius 2 is 1.78 bits per heavy atom. The van der Waals surface area contributed by atoms with E-state index in [4.69, 9.17) is 17.0 Å². The summed E-state index contributed by atoms with van der Waals surface area (Å²) in [5.41, 5.74) is 4.67. The number of hydrogen-bond donors (Lipinski definition) is 2. The van der Waals surface area contributed by atoms with Crippen LogP contribution in [0.4, 0.5) is 10.7 Å². The van der Waals surface area contributed by atoms with E-state index in [1.54, 1.807) is 0 Å². The van der Waals surface area contributed by atoms with Gasteiger partial charge in [0.25, 0.3) is 0 Å². The van der Waals surface area contributed by atoms with Crippen LogP contribution >= 0.6 is 23.6 Å². The van der Waals surface area contributed by atoms with Gasteiger partial charge in [-0.1, -0.05) is 42.5 Å². The predicted octanol–water partition coefficient (Wildman–Crippen LogP) is 5.63. The van der Waals surface area contributed by atoms with Gasteiger partial charge in [-0.3, -0.25) is 0 Å². The molecule has 0 aliphatic carbocycles. The normalized spacial score (nSPS) is 10.3. The van der Waals surface area contributed by atoms with Crippen molar-refractivity contribution in [3.63, 3.8) is 0 Å². The van der Waals surface area contributed by atoms with Gasteiger partial charge in [-0.25, -0.2) is 4.79 Å². The standard InChI is InChI=1S/C21H20N2O2S2/c1-13-9-10-14(2)17(11-13)22-21(26)23-19-16(20(24)25-3)12-18(27-19)15-7-5-4-6-8-15/h4-12H,1-3H3,(H2,22,23,26). The zero-order valence-corrected chi connectivity index (χ0v) is 17.0. The van der Waals surface area contributed by atoms with E-state index in [1.165, 1.54) is 18.4 Å². The molecule has 0 aliphatic heterocycles. The molecule has 0 amide bonds. The topological polar surface area (TPSA) is 50.4 Å². The van der Waals surface area contributed by atoms with Crippen molar-refractivity contribution in [3.8, 4) is 10.4 Å². The van der Waals surface area contributed by atoms with E-state index >= 15 is 0 Å². The van der Waals surface area contributed by atoms with Gasteiger partial charge in [0.15, 0.2) is 5.11 Å². The summed E-state index contributed by atoms with van der Waals surface area (Å²) < 4.78 is 4.92. The zero-order valence-electron chi connectivity index (χ0n) is 15.3. The predicted molar refractivity (Wildman–Crippen MR) is 117 cm³/mol. The number of thiocarbonyl (C=S) groups is 1. The number of rotatable bonds is 4. The van der Waals surface area contributed by atoms with E-state index in [2.05, 4.69) is 16.7 Å². The lowest BCUT2D eigenvalue weighted by atomic mass is 10.1. The lowest BCUT2D eigenvalue weighted by Gasteiger charge is -2.13. The van der Waals surface area contributed by atoms with Crippen LogP contribution in [0.1, 0.15) is 21.5 Å². The van der Waals surface area contributed by atoms with E-state index in [0.29, 0.717) is 15.7 Å². The molecule has 0 atom stereocenters. The fraction of sp³-hybridized carbons (Fsp3) is 0.143. The van der Waals surface area contributed by atoms with Gasteiger partial charge in [0.1, 0.15) is 5.00 Å². The number of esters is 1. The molecule has 1 aromatic heterocycles. The number of aryl methyl sites for hydroxylation is 2. The SMILES string of the molecule is COC(=O)c1cc(-c2ccccc2)sc1NC(=S)Nc1cc(C)ccc1C. The number of nitrogens with one attached hydrogen (secondary N) is 2. The number of anilines is 2. The highest BCUT2D eigenvalue weighted by Crippen LogP contribution is 2.36. The van der Waals surface area contributed by atoms with Gasteiger partial charge >= 0.3 is 5.97 Å².